The smallest absolute Gasteiger partial charge is 0.254 e. The van der Waals surface area contributed by atoms with Crippen LogP contribution in [0.3, 0.4) is 0 Å². The van der Waals surface area contributed by atoms with Crippen LogP contribution in [0.5, 0.6) is 0 Å². The zero-order chi connectivity index (χ0) is 13.4. The van der Waals surface area contributed by atoms with Crippen molar-refractivity contribution in [3.8, 4) is 0 Å². The summed E-state index contributed by atoms with van der Waals surface area (Å²) in [6.07, 6.45) is 3.98. The van der Waals surface area contributed by atoms with Gasteiger partial charge in [0.15, 0.2) is 11.6 Å². The minimum absolute atomic E-state index is 0. The highest BCUT2D eigenvalue weighted by Gasteiger charge is 2.34. The number of hydrogen-bond acceptors (Lipinski definition) is 2. The first-order valence-electron chi connectivity index (χ1n) is 6.64. The molecule has 0 radical (unpaired) electrons. The molecule has 1 aromatic rings. The van der Waals surface area contributed by atoms with Crippen molar-refractivity contribution in [3.05, 3.63) is 35.4 Å². The lowest BCUT2D eigenvalue weighted by Crippen LogP contribution is -2.48. The standard InChI is InChI=1S/C14H16F2N2O.ClH/c15-12-3-1-2-11(13(12)16)14(19)18-10-6-8-4-5-9(7-10)17-8;/h1-3,8-10,17H,4-7H2,(H,18,19);1H. The van der Waals surface area contributed by atoms with Gasteiger partial charge in [-0.3, -0.25) is 4.79 Å². The van der Waals surface area contributed by atoms with Crippen molar-refractivity contribution < 1.29 is 13.6 Å². The summed E-state index contributed by atoms with van der Waals surface area (Å²) in [6.45, 7) is 0. The second-order valence-corrected chi connectivity index (χ2v) is 5.38. The van der Waals surface area contributed by atoms with Gasteiger partial charge in [-0.25, -0.2) is 8.78 Å². The van der Waals surface area contributed by atoms with E-state index in [4.69, 9.17) is 0 Å². The van der Waals surface area contributed by atoms with Crippen LogP contribution in [0.4, 0.5) is 8.78 Å². The molecule has 6 heteroatoms. The Hall–Kier alpha value is -1.20. The Morgan fingerprint density at radius 1 is 1.20 bits per heavy atom. The van der Waals surface area contributed by atoms with E-state index in [2.05, 4.69) is 10.6 Å². The van der Waals surface area contributed by atoms with E-state index >= 15 is 0 Å². The number of piperidine rings is 1. The van der Waals surface area contributed by atoms with Crippen molar-refractivity contribution >= 4 is 18.3 Å². The maximum absolute atomic E-state index is 13.5. The molecule has 2 atom stereocenters. The van der Waals surface area contributed by atoms with E-state index in [1.807, 2.05) is 0 Å². The van der Waals surface area contributed by atoms with Crippen LogP contribution in [0.2, 0.25) is 0 Å². The summed E-state index contributed by atoms with van der Waals surface area (Å²) in [5, 5.41) is 6.29. The van der Waals surface area contributed by atoms with Crippen LogP contribution in [0.1, 0.15) is 36.0 Å². The van der Waals surface area contributed by atoms with E-state index < -0.39 is 17.5 Å². The number of hydrogen-bond donors (Lipinski definition) is 2. The second-order valence-electron chi connectivity index (χ2n) is 5.38. The lowest BCUT2D eigenvalue weighted by Gasteiger charge is -2.29. The molecule has 0 saturated carbocycles. The minimum atomic E-state index is -1.07. The largest absolute Gasteiger partial charge is 0.349 e. The molecule has 3 nitrogen and oxygen atoms in total. The number of benzene rings is 1. The van der Waals surface area contributed by atoms with Crippen molar-refractivity contribution in [2.75, 3.05) is 0 Å². The molecule has 2 N–H and O–H groups in total. The van der Waals surface area contributed by atoms with Crippen molar-refractivity contribution in [2.45, 2.75) is 43.8 Å². The molecule has 2 aliphatic heterocycles. The summed E-state index contributed by atoms with van der Waals surface area (Å²) in [7, 11) is 0. The van der Waals surface area contributed by atoms with Crippen molar-refractivity contribution in [2.24, 2.45) is 0 Å². The Bertz CT molecular complexity index is 500. The fourth-order valence-corrected chi connectivity index (χ4v) is 3.12. The molecule has 1 aromatic carbocycles. The number of fused-ring (bicyclic) bond motifs is 2. The maximum atomic E-state index is 13.5. The predicted molar refractivity (Wildman–Crippen MR) is 74.0 cm³/mol. The van der Waals surface area contributed by atoms with E-state index in [1.165, 1.54) is 12.1 Å². The number of carbonyl (C=O) groups is 1. The van der Waals surface area contributed by atoms with Gasteiger partial charge in [-0.05, 0) is 37.8 Å². The summed E-state index contributed by atoms with van der Waals surface area (Å²) >= 11 is 0. The Kier molecular flexibility index (Phi) is 4.60. The first kappa shape index (κ1) is 15.2. The Balaban J connectivity index is 0.00000147. The van der Waals surface area contributed by atoms with Gasteiger partial charge in [0.2, 0.25) is 0 Å². The summed E-state index contributed by atoms with van der Waals surface area (Å²) < 4.78 is 26.6. The lowest BCUT2D eigenvalue weighted by atomic mass is 9.99. The van der Waals surface area contributed by atoms with Crippen LogP contribution < -0.4 is 10.6 Å². The molecule has 2 heterocycles. The van der Waals surface area contributed by atoms with Gasteiger partial charge in [0, 0.05) is 18.1 Å². The number of nitrogens with one attached hydrogen (secondary N) is 2. The molecule has 0 aromatic heterocycles. The Labute approximate surface area is 122 Å². The second kappa shape index (κ2) is 6.06. The third-order valence-electron chi connectivity index (χ3n) is 4.00. The zero-order valence-electron chi connectivity index (χ0n) is 10.9. The normalized spacial score (nSPS) is 27.8. The van der Waals surface area contributed by atoms with Gasteiger partial charge in [0.25, 0.3) is 5.91 Å². The predicted octanol–water partition coefficient (Wildman–Crippen LogP) is 2.40. The topological polar surface area (TPSA) is 41.1 Å². The molecular formula is C14H17ClF2N2O. The van der Waals surface area contributed by atoms with Crippen LogP contribution in [0.25, 0.3) is 0 Å². The molecule has 3 rings (SSSR count). The van der Waals surface area contributed by atoms with Gasteiger partial charge < -0.3 is 10.6 Å². The molecule has 2 bridgehead atoms. The van der Waals surface area contributed by atoms with Crippen molar-refractivity contribution in [1.29, 1.82) is 0 Å². The quantitative estimate of drug-likeness (QED) is 0.881. The highest BCUT2D eigenvalue weighted by molar-refractivity contribution is 5.94. The molecule has 110 valence electrons. The van der Waals surface area contributed by atoms with Gasteiger partial charge in [-0.2, -0.15) is 0 Å². The van der Waals surface area contributed by atoms with Gasteiger partial charge in [0.1, 0.15) is 0 Å². The Morgan fingerprint density at radius 3 is 2.50 bits per heavy atom. The highest BCUT2D eigenvalue weighted by atomic mass is 35.5. The lowest BCUT2D eigenvalue weighted by molar-refractivity contribution is 0.0919. The minimum Gasteiger partial charge on any atom is -0.349 e. The van der Waals surface area contributed by atoms with Crippen molar-refractivity contribution in [1.82, 2.24) is 10.6 Å². The fourth-order valence-electron chi connectivity index (χ4n) is 3.12. The summed E-state index contributed by atoms with van der Waals surface area (Å²) in [4.78, 5) is 12.0. The molecule has 20 heavy (non-hydrogen) atoms. The highest BCUT2D eigenvalue weighted by Crippen LogP contribution is 2.27. The molecule has 2 aliphatic rings. The van der Waals surface area contributed by atoms with Crippen LogP contribution in [0.15, 0.2) is 18.2 Å². The van der Waals surface area contributed by atoms with E-state index in [-0.39, 0.29) is 24.0 Å². The van der Waals surface area contributed by atoms with Crippen LogP contribution in [-0.2, 0) is 0 Å². The molecular weight excluding hydrogens is 286 g/mol. The van der Waals surface area contributed by atoms with Crippen LogP contribution in [-0.4, -0.2) is 24.0 Å². The number of rotatable bonds is 2. The van der Waals surface area contributed by atoms with E-state index in [9.17, 15) is 13.6 Å². The number of amides is 1. The average molecular weight is 303 g/mol. The molecule has 1 amide bonds. The maximum Gasteiger partial charge on any atom is 0.254 e. The summed E-state index contributed by atoms with van der Waals surface area (Å²) in [6, 6.07) is 4.61. The third kappa shape index (κ3) is 2.94. The molecule has 2 saturated heterocycles. The first-order chi connectivity index (χ1) is 9.13. The summed E-state index contributed by atoms with van der Waals surface area (Å²) in [5.41, 5.74) is -0.217. The van der Waals surface area contributed by atoms with Gasteiger partial charge in [-0.1, -0.05) is 6.07 Å². The first-order valence-corrected chi connectivity index (χ1v) is 6.64. The average Bonchev–Trinajstić information content (AvgIpc) is 2.72. The number of halogens is 3. The molecule has 0 aliphatic carbocycles. The third-order valence-corrected chi connectivity index (χ3v) is 4.00. The molecule has 0 spiro atoms. The molecule has 2 fully saturated rings. The van der Waals surface area contributed by atoms with Crippen LogP contribution >= 0.6 is 12.4 Å². The van der Waals surface area contributed by atoms with E-state index in [0.29, 0.717) is 12.1 Å². The number of carbonyl (C=O) groups excluding carboxylic acids is 1. The van der Waals surface area contributed by atoms with E-state index in [0.717, 1.165) is 31.7 Å². The summed E-state index contributed by atoms with van der Waals surface area (Å²) in [5.74, 6) is -2.58. The van der Waals surface area contributed by atoms with Gasteiger partial charge in [0.05, 0.1) is 5.56 Å². The fraction of sp³-hybridized carbons (Fsp3) is 0.500. The van der Waals surface area contributed by atoms with Gasteiger partial charge >= 0.3 is 0 Å². The van der Waals surface area contributed by atoms with Gasteiger partial charge in [-0.15, -0.1) is 12.4 Å². The SMILES string of the molecule is Cl.O=C(NC1CC2CCC(C1)N2)c1cccc(F)c1F. The van der Waals surface area contributed by atoms with Crippen molar-refractivity contribution in [3.63, 3.8) is 0 Å². The zero-order valence-corrected chi connectivity index (χ0v) is 11.7. The molecule has 2 unspecified atom stereocenters. The van der Waals surface area contributed by atoms with Crippen LogP contribution in [0, 0.1) is 11.6 Å². The monoisotopic (exact) mass is 302 g/mol. The van der Waals surface area contributed by atoms with E-state index in [1.54, 1.807) is 0 Å². The Morgan fingerprint density at radius 2 is 1.85 bits per heavy atom.